The molecular formula is C12H13N3O4. The molecule has 2 aromatic rings. The van der Waals surface area contributed by atoms with Crippen molar-refractivity contribution < 1.29 is 14.8 Å². The van der Waals surface area contributed by atoms with Crippen LogP contribution in [0.3, 0.4) is 0 Å². The van der Waals surface area contributed by atoms with Gasteiger partial charge in [0.25, 0.3) is 0 Å². The first-order chi connectivity index (χ1) is 9.02. The smallest absolute Gasteiger partial charge is 0.427 e. The molecule has 100 valence electrons. The monoisotopic (exact) mass is 263 g/mol. The highest BCUT2D eigenvalue weighted by Crippen LogP contribution is 2.31. The molecule has 0 bridgehead atoms. The molecule has 0 aliphatic rings. The van der Waals surface area contributed by atoms with E-state index in [2.05, 4.69) is 4.98 Å². The molecule has 1 heterocycles. The Kier molecular flexibility index (Phi) is 3.48. The maximum atomic E-state index is 10.9. The molecule has 0 aliphatic carbocycles. The number of aliphatic hydroxyl groups is 1. The zero-order valence-corrected chi connectivity index (χ0v) is 10.5. The number of benzene rings is 1. The first kappa shape index (κ1) is 13.0. The second-order valence-corrected chi connectivity index (χ2v) is 4.01. The third kappa shape index (κ3) is 2.55. The highest BCUT2D eigenvalue weighted by molar-refractivity contribution is 5.40. The van der Waals surface area contributed by atoms with Crippen molar-refractivity contribution in [2.45, 2.75) is 13.5 Å². The van der Waals surface area contributed by atoms with Crippen LogP contribution >= 0.6 is 0 Å². The summed E-state index contributed by atoms with van der Waals surface area (Å²) in [7, 11) is 1.64. The summed E-state index contributed by atoms with van der Waals surface area (Å²) in [4.78, 5) is 14.2. The minimum absolute atomic E-state index is 0.0672. The van der Waals surface area contributed by atoms with Crippen molar-refractivity contribution in [3.8, 4) is 11.6 Å². The van der Waals surface area contributed by atoms with Gasteiger partial charge in [-0.15, -0.1) is 0 Å². The molecule has 0 amide bonds. The molecule has 2 rings (SSSR count). The van der Waals surface area contributed by atoms with Gasteiger partial charge in [0, 0.05) is 14.0 Å². The lowest BCUT2D eigenvalue weighted by molar-refractivity contribution is -0.390. The number of rotatable bonds is 4. The van der Waals surface area contributed by atoms with Crippen LogP contribution in [0.5, 0.6) is 11.6 Å². The van der Waals surface area contributed by atoms with Crippen LogP contribution in [0.1, 0.15) is 11.4 Å². The van der Waals surface area contributed by atoms with E-state index in [0.29, 0.717) is 17.1 Å². The zero-order chi connectivity index (χ0) is 14.0. The van der Waals surface area contributed by atoms with E-state index in [1.807, 2.05) is 0 Å². The lowest BCUT2D eigenvalue weighted by Crippen LogP contribution is -1.98. The largest absolute Gasteiger partial charge is 0.434 e. The van der Waals surface area contributed by atoms with Crippen molar-refractivity contribution in [2.24, 2.45) is 7.05 Å². The standard InChI is InChI=1S/C12H13N3O4/c1-8-13-11(15(17)18)12(14(8)2)19-10-5-3-4-9(6-10)7-16/h3-6,16H,7H2,1-2H3. The Hall–Kier alpha value is -2.41. The summed E-state index contributed by atoms with van der Waals surface area (Å²) in [6, 6.07) is 6.71. The number of hydrogen-bond donors (Lipinski definition) is 1. The van der Waals surface area contributed by atoms with Crippen molar-refractivity contribution in [3.05, 3.63) is 45.8 Å². The Morgan fingerprint density at radius 3 is 2.89 bits per heavy atom. The number of aryl methyl sites for hydroxylation is 1. The summed E-state index contributed by atoms with van der Waals surface area (Å²) in [6.07, 6.45) is 0. The zero-order valence-electron chi connectivity index (χ0n) is 10.5. The predicted octanol–water partition coefficient (Wildman–Crippen LogP) is 1.92. The van der Waals surface area contributed by atoms with Gasteiger partial charge < -0.3 is 20.0 Å². The van der Waals surface area contributed by atoms with Crippen LogP contribution in [0.4, 0.5) is 5.82 Å². The molecule has 19 heavy (non-hydrogen) atoms. The van der Waals surface area contributed by atoms with Crippen molar-refractivity contribution in [1.82, 2.24) is 9.55 Å². The number of nitro groups is 1. The average molecular weight is 263 g/mol. The van der Waals surface area contributed by atoms with E-state index in [1.54, 1.807) is 38.2 Å². The predicted molar refractivity (Wildman–Crippen MR) is 67.0 cm³/mol. The molecule has 1 aromatic heterocycles. The van der Waals surface area contributed by atoms with Gasteiger partial charge in [-0.25, -0.2) is 0 Å². The van der Waals surface area contributed by atoms with Crippen LogP contribution in [0.25, 0.3) is 0 Å². The van der Waals surface area contributed by atoms with E-state index in [1.165, 1.54) is 4.57 Å². The summed E-state index contributed by atoms with van der Waals surface area (Å²) in [5.74, 6) is 0.643. The highest BCUT2D eigenvalue weighted by atomic mass is 16.6. The molecule has 7 nitrogen and oxygen atoms in total. The fraction of sp³-hybridized carbons (Fsp3) is 0.250. The molecule has 0 radical (unpaired) electrons. The minimum atomic E-state index is -0.585. The quantitative estimate of drug-likeness (QED) is 0.672. The van der Waals surface area contributed by atoms with Gasteiger partial charge in [0.2, 0.25) is 5.82 Å². The van der Waals surface area contributed by atoms with Crippen LogP contribution in [-0.2, 0) is 13.7 Å². The van der Waals surface area contributed by atoms with Gasteiger partial charge in [-0.1, -0.05) is 12.1 Å². The molecule has 0 aliphatic heterocycles. The summed E-state index contributed by atoms with van der Waals surface area (Å²) in [5.41, 5.74) is 0.666. The number of nitrogens with zero attached hydrogens (tertiary/aromatic N) is 3. The maximum Gasteiger partial charge on any atom is 0.427 e. The van der Waals surface area contributed by atoms with Crippen molar-refractivity contribution >= 4 is 5.82 Å². The molecule has 0 saturated heterocycles. The number of hydrogen-bond acceptors (Lipinski definition) is 5. The third-order valence-electron chi connectivity index (χ3n) is 2.72. The Labute approximate surface area is 109 Å². The number of aliphatic hydroxyl groups excluding tert-OH is 1. The Bertz CT molecular complexity index is 621. The fourth-order valence-corrected chi connectivity index (χ4v) is 1.63. The Morgan fingerprint density at radius 1 is 1.53 bits per heavy atom. The first-order valence-corrected chi connectivity index (χ1v) is 5.58. The van der Waals surface area contributed by atoms with Crippen molar-refractivity contribution in [2.75, 3.05) is 0 Å². The SMILES string of the molecule is Cc1nc([N+](=O)[O-])c(Oc2cccc(CO)c2)n1C. The number of aromatic nitrogens is 2. The normalized spacial score (nSPS) is 10.5. The summed E-state index contributed by atoms with van der Waals surface area (Å²) in [6.45, 7) is 1.54. The molecule has 0 unspecified atom stereocenters. The van der Waals surface area contributed by atoms with Gasteiger partial charge in [0.1, 0.15) is 5.75 Å². The van der Waals surface area contributed by atoms with Crippen molar-refractivity contribution in [1.29, 1.82) is 0 Å². The third-order valence-corrected chi connectivity index (χ3v) is 2.72. The van der Waals surface area contributed by atoms with Gasteiger partial charge in [0.05, 0.1) is 6.61 Å². The fourth-order valence-electron chi connectivity index (χ4n) is 1.63. The molecule has 0 spiro atoms. The maximum absolute atomic E-state index is 10.9. The Morgan fingerprint density at radius 2 is 2.26 bits per heavy atom. The van der Waals surface area contributed by atoms with Crippen molar-refractivity contribution in [3.63, 3.8) is 0 Å². The minimum Gasteiger partial charge on any atom is -0.434 e. The number of ether oxygens (including phenoxy) is 1. The second-order valence-electron chi connectivity index (χ2n) is 4.01. The average Bonchev–Trinajstić information content (AvgIpc) is 2.67. The van der Waals surface area contributed by atoms with Gasteiger partial charge in [-0.3, -0.25) is 4.57 Å². The molecule has 7 heteroatoms. The molecule has 0 atom stereocenters. The van der Waals surface area contributed by atoms with Gasteiger partial charge in [-0.05, 0) is 27.6 Å². The van der Waals surface area contributed by atoms with Gasteiger partial charge >= 0.3 is 11.7 Å². The van der Waals surface area contributed by atoms with E-state index < -0.39 is 4.92 Å². The van der Waals surface area contributed by atoms with E-state index >= 15 is 0 Å². The molecule has 0 saturated carbocycles. The Balaban J connectivity index is 2.39. The summed E-state index contributed by atoms with van der Waals surface area (Å²) < 4.78 is 7.02. The van der Waals surface area contributed by atoms with Crippen LogP contribution in [0.15, 0.2) is 24.3 Å². The van der Waals surface area contributed by atoms with Crippen LogP contribution in [-0.4, -0.2) is 19.6 Å². The second kappa shape index (κ2) is 5.07. The topological polar surface area (TPSA) is 90.4 Å². The van der Waals surface area contributed by atoms with Crippen LogP contribution < -0.4 is 4.74 Å². The lowest BCUT2D eigenvalue weighted by atomic mass is 10.2. The van der Waals surface area contributed by atoms with Gasteiger partial charge in [-0.2, -0.15) is 0 Å². The highest BCUT2D eigenvalue weighted by Gasteiger charge is 2.25. The van der Waals surface area contributed by atoms with E-state index in [-0.39, 0.29) is 18.3 Å². The van der Waals surface area contributed by atoms with E-state index in [0.717, 1.165) is 0 Å². The summed E-state index contributed by atoms with van der Waals surface area (Å²) >= 11 is 0. The molecular weight excluding hydrogens is 250 g/mol. The molecule has 1 N–H and O–H groups in total. The van der Waals surface area contributed by atoms with E-state index in [4.69, 9.17) is 9.84 Å². The van der Waals surface area contributed by atoms with Crippen LogP contribution in [0, 0.1) is 17.0 Å². The number of imidazole rings is 1. The lowest BCUT2D eigenvalue weighted by Gasteiger charge is -2.06. The van der Waals surface area contributed by atoms with Crippen LogP contribution in [0.2, 0.25) is 0 Å². The summed E-state index contributed by atoms with van der Waals surface area (Å²) in [5, 5.41) is 20.0. The van der Waals surface area contributed by atoms with E-state index in [9.17, 15) is 10.1 Å². The first-order valence-electron chi connectivity index (χ1n) is 5.58. The van der Waals surface area contributed by atoms with Gasteiger partial charge in [0.15, 0.2) is 0 Å². The molecule has 0 fully saturated rings. The molecule has 1 aromatic carbocycles.